The number of aliphatic imine (C=N–C) groups is 1. The Morgan fingerprint density at radius 3 is 2.42 bits per heavy atom. The summed E-state index contributed by atoms with van der Waals surface area (Å²) in [5, 5.41) is 6.71. The topological polar surface area (TPSA) is 70.6 Å². The van der Waals surface area contributed by atoms with Crippen molar-refractivity contribution in [2.75, 3.05) is 25.1 Å². The smallest absolute Gasteiger partial charge is 0.191 e. The van der Waals surface area contributed by atoms with E-state index in [2.05, 4.69) is 55.5 Å². The Kier molecular flexibility index (Phi) is 10.8. The van der Waals surface area contributed by atoms with E-state index in [1.54, 1.807) is 0 Å². The summed E-state index contributed by atoms with van der Waals surface area (Å²) in [5.74, 6) is 0.949. The van der Waals surface area contributed by atoms with Crippen molar-refractivity contribution in [3.8, 4) is 0 Å². The van der Waals surface area contributed by atoms with E-state index in [1.807, 2.05) is 19.1 Å². The maximum absolute atomic E-state index is 11.4. The molecule has 0 radical (unpaired) electrons. The summed E-state index contributed by atoms with van der Waals surface area (Å²) in [4.78, 5) is 4.68. The van der Waals surface area contributed by atoms with E-state index < -0.39 is 9.84 Å². The van der Waals surface area contributed by atoms with Crippen LogP contribution < -0.4 is 10.6 Å². The summed E-state index contributed by atoms with van der Waals surface area (Å²) >= 11 is 0. The number of sulfone groups is 1. The number of guanidine groups is 1. The zero-order valence-corrected chi connectivity index (χ0v) is 19.9. The summed E-state index contributed by atoms with van der Waals surface area (Å²) in [6.07, 6.45) is 1.88. The van der Waals surface area contributed by atoms with Crippen molar-refractivity contribution in [1.82, 2.24) is 10.6 Å². The maximum Gasteiger partial charge on any atom is 0.191 e. The van der Waals surface area contributed by atoms with Crippen LogP contribution in [0.2, 0.25) is 0 Å². The SMILES string of the molecule is CCNC(=NCC(C)(C)CCS(C)(=O)=O)NC(C)c1ccccc1C.I. The van der Waals surface area contributed by atoms with E-state index in [0.29, 0.717) is 13.0 Å². The lowest BCUT2D eigenvalue weighted by molar-refractivity contribution is 0.365. The molecule has 0 amide bonds. The van der Waals surface area contributed by atoms with Gasteiger partial charge in [0, 0.05) is 19.3 Å². The summed E-state index contributed by atoms with van der Waals surface area (Å²) in [7, 11) is -2.95. The molecule has 0 heterocycles. The molecule has 0 aromatic heterocycles. The molecule has 1 aromatic carbocycles. The largest absolute Gasteiger partial charge is 0.357 e. The molecule has 0 aliphatic heterocycles. The number of nitrogens with one attached hydrogen (secondary N) is 2. The first-order chi connectivity index (χ1) is 11.5. The Morgan fingerprint density at radius 1 is 1.27 bits per heavy atom. The van der Waals surface area contributed by atoms with Crippen molar-refractivity contribution in [2.24, 2.45) is 10.4 Å². The van der Waals surface area contributed by atoms with Gasteiger partial charge in [0.1, 0.15) is 9.84 Å². The van der Waals surface area contributed by atoms with Crippen LogP contribution in [0.5, 0.6) is 0 Å². The standard InChI is InChI=1S/C19H33N3O2S.HI/c1-7-20-18(21-14-19(4,5)12-13-25(6,23)24)22-16(3)17-11-9-8-10-15(17)2;/h8-11,16H,7,12-14H2,1-6H3,(H2,20,21,22);1H. The maximum atomic E-state index is 11.4. The minimum atomic E-state index is -2.95. The first kappa shape index (κ1) is 25.2. The van der Waals surface area contributed by atoms with Crippen molar-refractivity contribution in [2.45, 2.75) is 47.1 Å². The lowest BCUT2D eigenvalue weighted by atomic mass is 9.90. The van der Waals surface area contributed by atoms with Crippen LogP contribution in [0.15, 0.2) is 29.3 Å². The lowest BCUT2D eigenvalue weighted by Gasteiger charge is -2.24. The molecule has 1 aromatic rings. The van der Waals surface area contributed by atoms with Crippen molar-refractivity contribution in [3.05, 3.63) is 35.4 Å². The fourth-order valence-electron chi connectivity index (χ4n) is 2.51. The van der Waals surface area contributed by atoms with E-state index in [-0.39, 0.29) is 41.2 Å². The molecule has 0 saturated carbocycles. The van der Waals surface area contributed by atoms with Crippen molar-refractivity contribution >= 4 is 39.8 Å². The van der Waals surface area contributed by atoms with Gasteiger partial charge in [-0.05, 0) is 43.7 Å². The van der Waals surface area contributed by atoms with Gasteiger partial charge in [0.25, 0.3) is 0 Å². The quantitative estimate of drug-likeness (QED) is 0.328. The minimum absolute atomic E-state index is 0. The molecular weight excluding hydrogens is 461 g/mol. The van der Waals surface area contributed by atoms with E-state index in [4.69, 9.17) is 0 Å². The van der Waals surface area contributed by atoms with Gasteiger partial charge in [-0.25, -0.2) is 8.42 Å². The van der Waals surface area contributed by atoms with Gasteiger partial charge in [-0.1, -0.05) is 38.1 Å². The highest BCUT2D eigenvalue weighted by Gasteiger charge is 2.20. The highest BCUT2D eigenvalue weighted by Crippen LogP contribution is 2.22. The predicted octanol–water partition coefficient (Wildman–Crippen LogP) is 3.69. The Labute approximate surface area is 176 Å². The van der Waals surface area contributed by atoms with Gasteiger partial charge in [-0.3, -0.25) is 4.99 Å². The molecule has 0 bridgehead atoms. The average Bonchev–Trinajstić information content (AvgIpc) is 2.51. The van der Waals surface area contributed by atoms with E-state index >= 15 is 0 Å². The second-order valence-corrected chi connectivity index (χ2v) is 9.72. The summed E-state index contributed by atoms with van der Waals surface area (Å²) in [5.41, 5.74) is 2.31. The molecule has 2 N–H and O–H groups in total. The summed E-state index contributed by atoms with van der Waals surface area (Å²) < 4.78 is 22.8. The number of hydrogen-bond donors (Lipinski definition) is 2. The zero-order chi connectivity index (χ0) is 19.1. The third kappa shape index (κ3) is 9.75. The normalized spacial score (nSPS) is 13.7. The Morgan fingerprint density at radius 2 is 1.88 bits per heavy atom. The minimum Gasteiger partial charge on any atom is -0.357 e. The number of halogens is 1. The number of aryl methyl sites for hydroxylation is 1. The molecule has 150 valence electrons. The van der Waals surface area contributed by atoms with Crippen LogP contribution in [0, 0.1) is 12.3 Å². The predicted molar refractivity (Wildman–Crippen MR) is 122 cm³/mol. The van der Waals surface area contributed by atoms with Crippen LogP contribution >= 0.6 is 24.0 Å². The van der Waals surface area contributed by atoms with Gasteiger partial charge in [-0.15, -0.1) is 24.0 Å². The second kappa shape index (κ2) is 11.1. The van der Waals surface area contributed by atoms with Crippen LogP contribution in [0.1, 0.15) is 51.3 Å². The van der Waals surface area contributed by atoms with Gasteiger partial charge in [-0.2, -0.15) is 0 Å². The average molecular weight is 495 g/mol. The number of hydrogen-bond acceptors (Lipinski definition) is 3. The van der Waals surface area contributed by atoms with Gasteiger partial charge in [0.05, 0.1) is 11.8 Å². The molecule has 1 unspecified atom stereocenters. The zero-order valence-electron chi connectivity index (χ0n) is 16.8. The Balaban J connectivity index is 0.00000625. The molecular formula is C19H34IN3O2S. The lowest BCUT2D eigenvalue weighted by Crippen LogP contribution is -2.39. The molecule has 0 aliphatic carbocycles. The third-order valence-electron chi connectivity index (χ3n) is 4.17. The highest BCUT2D eigenvalue weighted by molar-refractivity contribution is 14.0. The molecule has 26 heavy (non-hydrogen) atoms. The first-order valence-corrected chi connectivity index (χ1v) is 10.9. The van der Waals surface area contributed by atoms with Gasteiger partial charge in [0.15, 0.2) is 5.96 Å². The molecule has 1 atom stereocenters. The Bertz CT molecular complexity index is 688. The molecule has 7 heteroatoms. The van der Waals surface area contributed by atoms with Crippen LogP contribution in [0.4, 0.5) is 0 Å². The van der Waals surface area contributed by atoms with Gasteiger partial charge < -0.3 is 10.6 Å². The van der Waals surface area contributed by atoms with Crippen LogP contribution in [-0.2, 0) is 9.84 Å². The van der Waals surface area contributed by atoms with Crippen molar-refractivity contribution < 1.29 is 8.42 Å². The molecule has 0 aliphatic rings. The fraction of sp³-hybridized carbons (Fsp3) is 0.632. The fourth-order valence-corrected chi connectivity index (χ4v) is 3.43. The van der Waals surface area contributed by atoms with Gasteiger partial charge in [0.2, 0.25) is 0 Å². The third-order valence-corrected chi connectivity index (χ3v) is 5.11. The van der Waals surface area contributed by atoms with E-state index in [1.165, 1.54) is 17.4 Å². The van der Waals surface area contributed by atoms with Crippen LogP contribution in [-0.4, -0.2) is 39.5 Å². The Hall–Kier alpha value is -0.830. The molecule has 0 fully saturated rings. The summed E-state index contributed by atoms with van der Waals surface area (Å²) in [6, 6.07) is 8.44. The number of benzene rings is 1. The first-order valence-electron chi connectivity index (χ1n) is 8.82. The van der Waals surface area contributed by atoms with E-state index in [0.717, 1.165) is 12.5 Å². The van der Waals surface area contributed by atoms with Gasteiger partial charge >= 0.3 is 0 Å². The van der Waals surface area contributed by atoms with Crippen LogP contribution in [0.25, 0.3) is 0 Å². The second-order valence-electron chi connectivity index (χ2n) is 7.46. The van der Waals surface area contributed by atoms with E-state index in [9.17, 15) is 8.42 Å². The van der Waals surface area contributed by atoms with Crippen molar-refractivity contribution in [3.63, 3.8) is 0 Å². The highest BCUT2D eigenvalue weighted by atomic mass is 127. The van der Waals surface area contributed by atoms with Crippen molar-refractivity contribution in [1.29, 1.82) is 0 Å². The summed E-state index contributed by atoms with van der Waals surface area (Å²) in [6.45, 7) is 11.7. The molecule has 0 spiro atoms. The number of rotatable bonds is 8. The van der Waals surface area contributed by atoms with Crippen LogP contribution in [0.3, 0.4) is 0 Å². The number of nitrogens with zero attached hydrogens (tertiary/aromatic N) is 1. The molecule has 1 rings (SSSR count). The molecule has 0 saturated heterocycles. The monoisotopic (exact) mass is 495 g/mol. The molecule has 5 nitrogen and oxygen atoms in total.